The molecule has 0 aliphatic carbocycles. The van der Waals surface area contributed by atoms with E-state index in [1.54, 1.807) is 35.4 Å². The number of hydrogen-bond donors (Lipinski definition) is 0. The van der Waals surface area contributed by atoms with Gasteiger partial charge in [0.25, 0.3) is 11.1 Å². The van der Waals surface area contributed by atoms with Gasteiger partial charge in [0.1, 0.15) is 6.10 Å². The molecule has 1 aliphatic heterocycles. The van der Waals surface area contributed by atoms with Gasteiger partial charge in [0.2, 0.25) is 0 Å². The topological polar surface area (TPSA) is 42.4 Å². The average Bonchev–Trinajstić information content (AvgIpc) is 2.85. The van der Waals surface area contributed by atoms with Crippen molar-refractivity contribution in [2.75, 3.05) is 13.1 Å². The molecule has 0 saturated carbocycles. The molecule has 1 amide bonds. The van der Waals surface area contributed by atoms with Gasteiger partial charge in [-0.1, -0.05) is 29.0 Å². The van der Waals surface area contributed by atoms with Crippen LogP contribution in [0.3, 0.4) is 0 Å². The Hall–Kier alpha value is -1.59. The lowest BCUT2D eigenvalue weighted by Gasteiger charge is -2.38. The Morgan fingerprint density at radius 1 is 1.47 bits per heavy atom. The monoisotopic (exact) mass is 294 g/mol. The molecule has 0 radical (unpaired) electrons. The van der Waals surface area contributed by atoms with Gasteiger partial charge in [0.15, 0.2) is 0 Å². The normalized spacial score (nSPS) is 15.1. The van der Waals surface area contributed by atoms with Gasteiger partial charge in [-0.25, -0.2) is 4.98 Å². The minimum Gasteiger partial charge on any atom is -0.463 e. The molecule has 19 heavy (non-hydrogen) atoms. The van der Waals surface area contributed by atoms with Crippen molar-refractivity contribution in [1.29, 1.82) is 0 Å². The highest BCUT2D eigenvalue weighted by Gasteiger charge is 2.33. The van der Waals surface area contributed by atoms with Crippen LogP contribution in [0.4, 0.5) is 0 Å². The standard InChI is InChI=1S/C13H11ClN2O2S/c14-10-3-1-2-9(6-10)12(17)16-7-11(8-16)18-13-15-4-5-19-13/h1-6,11H,7-8H2. The third kappa shape index (κ3) is 2.72. The number of aromatic nitrogens is 1. The van der Waals surface area contributed by atoms with Gasteiger partial charge < -0.3 is 9.64 Å². The molecule has 0 unspecified atom stereocenters. The molecule has 6 heteroatoms. The Balaban J connectivity index is 1.57. The van der Waals surface area contributed by atoms with Crippen LogP contribution >= 0.6 is 22.9 Å². The van der Waals surface area contributed by atoms with Gasteiger partial charge in [0.05, 0.1) is 13.1 Å². The quantitative estimate of drug-likeness (QED) is 0.874. The van der Waals surface area contributed by atoms with Crippen molar-refractivity contribution in [3.63, 3.8) is 0 Å². The summed E-state index contributed by atoms with van der Waals surface area (Å²) in [5.74, 6) is -0.0125. The van der Waals surface area contributed by atoms with Gasteiger partial charge in [0, 0.05) is 22.2 Å². The number of benzene rings is 1. The summed E-state index contributed by atoms with van der Waals surface area (Å²) in [6, 6.07) is 6.98. The minimum absolute atomic E-state index is 0.0125. The van der Waals surface area contributed by atoms with Crippen molar-refractivity contribution < 1.29 is 9.53 Å². The maximum Gasteiger partial charge on any atom is 0.273 e. The third-order valence-electron chi connectivity index (χ3n) is 2.88. The van der Waals surface area contributed by atoms with Crippen LogP contribution in [0.15, 0.2) is 35.8 Å². The fourth-order valence-corrected chi connectivity index (χ4v) is 2.64. The maximum absolute atomic E-state index is 12.1. The van der Waals surface area contributed by atoms with Crippen molar-refractivity contribution in [1.82, 2.24) is 9.88 Å². The lowest BCUT2D eigenvalue weighted by Crippen LogP contribution is -2.56. The predicted molar refractivity (Wildman–Crippen MR) is 73.9 cm³/mol. The van der Waals surface area contributed by atoms with Crippen LogP contribution in [0.5, 0.6) is 5.19 Å². The van der Waals surface area contributed by atoms with Crippen molar-refractivity contribution in [3.8, 4) is 5.19 Å². The molecule has 98 valence electrons. The number of carbonyl (C=O) groups excluding carboxylic acids is 1. The highest BCUT2D eigenvalue weighted by Crippen LogP contribution is 2.22. The van der Waals surface area contributed by atoms with Crippen LogP contribution in [0.2, 0.25) is 5.02 Å². The highest BCUT2D eigenvalue weighted by atomic mass is 35.5. The minimum atomic E-state index is -0.0125. The molecule has 2 aromatic rings. The van der Waals surface area contributed by atoms with Crippen LogP contribution in [0, 0.1) is 0 Å². The molecule has 2 heterocycles. The zero-order chi connectivity index (χ0) is 13.2. The molecule has 1 aromatic heterocycles. The Labute approximate surface area is 119 Å². The molecule has 0 spiro atoms. The van der Waals surface area contributed by atoms with Crippen molar-refractivity contribution in [2.24, 2.45) is 0 Å². The fourth-order valence-electron chi connectivity index (χ4n) is 1.89. The van der Waals surface area contributed by atoms with Crippen LogP contribution < -0.4 is 4.74 Å². The maximum atomic E-state index is 12.1. The van der Waals surface area contributed by atoms with Crippen LogP contribution in [-0.2, 0) is 0 Å². The van der Waals surface area contributed by atoms with Crippen molar-refractivity contribution in [3.05, 3.63) is 46.4 Å². The molecule has 1 aliphatic rings. The number of ether oxygens (including phenoxy) is 1. The van der Waals surface area contributed by atoms with E-state index in [1.165, 1.54) is 11.3 Å². The van der Waals surface area contributed by atoms with Crippen molar-refractivity contribution >= 4 is 28.8 Å². The van der Waals surface area contributed by atoms with E-state index in [4.69, 9.17) is 16.3 Å². The lowest BCUT2D eigenvalue weighted by atomic mass is 10.1. The van der Waals surface area contributed by atoms with E-state index in [2.05, 4.69) is 4.98 Å². The van der Waals surface area contributed by atoms with Gasteiger partial charge in [-0.2, -0.15) is 0 Å². The molecular formula is C13H11ClN2O2S. The Kier molecular flexibility index (Phi) is 3.40. The molecule has 4 nitrogen and oxygen atoms in total. The summed E-state index contributed by atoms with van der Waals surface area (Å²) in [4.78, 5) is 17.9. The first-order chi connectivity index (χ1) is 9.22. The second kappa shape index (κ2) is 5.19. The predicted octanol–water partition coefficient (Wildman–Crippen LogP) is 2.70. The Morgan fingerprint density at radius 2 is 2.32 bits per heavy atom. The first-order valence-corrected chi connectivity index (χ1v) is 7.09. The largest absolute Gasteiger partial charge is 0.463 e. The SMILES string of the molecule is O=C(c1cccc(Cl)c1)N1CC(Oc2nccs2)C1. The Bertz CT molecular complexity index is 582. The smallest absolute Gasteiger partial charge is 0.273 e. The summed E-state index contributed by atoms with van der Waals surface area (Å²) in [6.07, 6.45) is 1.74. The molecule has 1 aromatic carbocycles. The summed E-state index contributed by atoms with van der Waals surface area (Å²) in [7, 11) is 0. The number of nitrogens with zero attached hydrogens (tertiary/aromatic N) is 2. The summed E-state index contributed by atoms with van der Waals surface area (Å²) in [5, 5.41) is 3.09. The van der Waals surface area contributed by atoms with Crippen LogP contribution in [-0.4, -0.2) is 35.0 Å². The molecule has 1 saturated heterocycles. The zero-order valence-corrected chi connectivity index (χ0v) is 11.5. The molecule has 0 N–H and O–H groups in total. The first kappa shape index (κ1) is 12.4. The number of rotatable bonds is 3. The average molecular weight is 295 g/mol. The zero-order valence-electron chi connectivity index (χ0n) is 9.95. The van der Waals surface area contributed by atoms with Crippen LogP contribution in [0.25, 0.3) is 0 Å². The molecule has 1 fully saturated rings. The number of thiazole rings is 1. The van der Waals surface area contributed by atoms with Gasteiger partial charge >= 0.3 is 0 Å². The van der Waals surface area contributed by atoms with Crippen LogP contribution in [0.1, 0.15) is 10.4 Å². The number of likely N-dealkylation sites (tertiary alicyclic amines) is 1. The van der Waals surface area contributed by atoms with E-state index in [0.717, 1.165) is 0 Å². The molecule has 0 bridgehead atoms. The Morgan fingerprint density at radius 3 is 3.00 bits per heavy atom. The van der Waals surface area contributed by atoms with E-state index in [-0.39, 0.29) is 12.0 Å². The van der Waals surface area contributed by atoms with E-state index >= 15 is 0 Å². The van der Waals surface area contributed by atoms with Gasteiger partial charge in [-0.3, -0.25) is 4.79 Å². The highest BCUT2D eigenvalue weighted by molar-refractivity contribution is 7.11. The molecular weight excluding hydrogens is 284 g/mol. The molecule has 3 rings (SSSR count). The van der Waals surface area contributed by atoms with Gasteiger partial charge in [-0.05, 0) is 18.2 Å². The van der Waals surface area contributed by atoms with Crippen molar-refractivity contribution in [2.45, 2.75) is 6.10 Å². The summed E-state index contributed by atoms with van der Waals surface area (Å²) >= 11 is 7.33. The summed E-state index contributed by atoms with van der Waals surface area (Å²) < 4.78 is 5.62. The van der Waals surface area contributed by atoms with E-state index in [0.29, 0.717) is 28.9 Å². The number of hydrogen-bond acceptors (Lipinski definition) is 4. The third-order valence-corrected chi connectivity index (χ3v) is 3.78. The summed E-state index contributed by atoms with van der Waals surface area (Å²) in [6.45, 7) is 1.18. The second-order valence-corrected chi connectivity index (χ2v) is 5.55. The van der Waals surface area contributed by atoms with E-state index in [9.17, 15) is 4.79 Å². The fraction of sp³-hybridized carbons (Fsp3) is 0.231. The van der Waals surface area contributed by atoms with E-state index < -0.39 is 0 Å². The number of halogens is 1. The lowest BCUT2D eigenvalue weighted by molar-refractivity contribution is 0.0177. The molecule has 0 atom stereocenters. The second-order valence-electron chi connectivity index (χ2n) is 4.26. The van der Waals surface area contributed by atoms with Gasteiger partial charge in [-0.15, -0.1) is 0 Å². The first-order valence-electron chi connectivity index (χ1n) is 5.83. The number of carbonyl (C=O) groups is 1. The number of amides is 1. The van der Waals surface area contributed by atoms with E-state index in [1.807, 2.05) is 5.38 Å². The summed E-state index contributed by atoms with van der Waals surface area (Å²) in [5.41, 5.74) is 0.611.